The number of hydrogen-bond acceptors (Lipinski definition) is 4. The molecule has 0 saturated heterocycles. The van der Waals surface area contributed by atoms with E-state index < -0.39 is 5.91 Å². The Morgan fingerprint density at radius 3 is 2.76 bits per heavy atom. The van der Waals surface area contributed by atoms with Gasteiger partial charge in [-0.3, -0.25) is 9.79 Å². The van der Waals surface area contributed by atoms with Gasteiger partial charge >= 0.3 is 0 Å². The summed E-state index contributed by atoms with van der Waals surface area (Å²) >= 11 is 0. The van der Waals surface area contributed by atoms with Crippen LogP contribution in [0.2, 0.25) is 0 Å². The highest BCUT2D eigenvalue weighted by molar-refractivity contribution is 14.0. The van der Waals surface area contributed by atoms with Crippen LogP contribution in [0.5, 0.6) is 0 Å². The summed E-state index contributed by atoms with van der Waals surface area (Å²) in [7, 11) is 1.69. The largest absolute Gasteiger partial charge is 0.454 e. The molecule has 0 saturated carbocycles. The smallest absolute Gasteiger partial charge is 0.284 e. The molecule has 0 aliphatic rings. The average molecular weight is 410 g/mol. The third-order valence-electron chi connectivity index (χ3n) is 2.52. The van der Waals surface area contributed by atoms with Gasteiger partial charge in [0.15, 0.2) is 11.7 Å². The van der Waals surface area contributed by atoms with E-state index in [1.165, 1.54) is 0 Å². The fourth-order valence-corrected chi connectivity index (χ4v) is 1.52. The molecular formula is C13H23IN4O3. The molecule has 0 unspecified atom stereocenters. The first-order chi connectivity index (χ1) is 9.67. The molecule has 1 heterocycles. The predicted octanol–water partition coefficient (Wildman–Crippen LogP) is 1.09. The van der Waals surface area contributed by atoms with Crippen LogP contribution in [-0.4, -0.2) is 38.7 Å². The van der Waals surface area contributed by atoms with Gasteiger partial charge in [0.2, 0.25) is 0 Å². The number of amides is 1. The Balaban J connectivity index is 0.00000400. The van der Waals surface area contributed by atoms with Gasteiger partial charge in [-0.2, -0.15) is 0 Å². The molecule has 0 spiro atoms. The normalized spacial score (nSPS) is 10.9. The van der Waals surface area contributed by atoms with E-state index >= 15 is 0 Å². The third-order valence-corrected chi connectivity index (χ3v) is 2.52. The maximum absolute atomic E-state index is 10.9. The molecule has 21 heavy (non-hydrogen) atoms. The number of guanidine groups is 1. The number of nitrogens with zero attached hydrogens (tertiary/aromatic N) is 1. The maximum atomic E-state index is 10.9. The van der Waals surface area contributed by atoms with Crippen molar-refractivity contribution in [3.63, 3.8) is 0 Å². The number of nitrogens with one attached hydrogen (secondary N) is 2. The first-order valence-corrected chi connectivity index (χ1v) is 6.58. The summed E-state index contributed by atoms with van der Waals surface area (Å²) in [5, 5.41) is 6.23. The Morgan fingerprint density at radius 2 is 2.19 bits per heavy atom. The number of hydrogen-bond donors (Lipinski definition) is 3. The lowest BCUT2D eigenvalue weighted by Crippen LogP contribution is -2.37. The fourth-order valence-electron chi connectivity index (χ4n) is 1.52. The van der Waals surface area contributed by atoms with Gasteiger partial charge in [-0.15, -0.1) is 24.0 Å². The van der Waals surface area contributed by atoms with Gasteiger partial charge in [-0.05, 0) is 25.5 Å². The number of primary amides is 1. The molecule has 0 radical (unpaired) electrons. The van der Waals surface area contributed by atoms with Crippen LogP contribution in [0.1, 0.15) is 29.7 Å². The maximum Gasteiger partial charge on any atom is 0.284 e. The van der Waals surface area contributed by atoms with Crippen molar-refractivity contribution in [2.75, 3.05) is 26.8 Å². The van der Waals surface area contributed by atoms with Gasteiger partial charge in [-0.1, -0.05) is 0 Å². The number of carbonyl (C=O) groups is 1. The first-order valence-electron chi connectivity index (χ1n) is 6.58. The molecule has 7 nitrogen and oxygen atoms in total. The first kappa shape index (κ1) is 19.7. The van der Waals surface area contributed by atoms with Crippen LogP contribution in [0.15, 0.2) is 21.5 Å². The van der Waals surface area contributed by atoms with Crippen molar-refractivity contribution in [3.05, 3.63) is 23.7 Å². The van der Waals surface area contributed by atoms with E-state index in [-0.39, 0.29) is 29.7 Å². The molecule has 0 aliphatic carbocycles. The second-order valence-electron chi connectivity index (χ2n) is 4.03. The van der Waals surface area contributed by atoms with Crippen LogP contribution in [0, 0.1) is 0 Å². The lowest BCUT2D eigenvalue weighted by molar-refractivity contribution is 0.0972. The lowest BCUT2D eigenvalue weighted by atomic mass is 10.4. The minimum atomic E-state index is -0.574. The van der Waals surface area contributed by atoms with Gasteiger partial charge in [0.05, 0.1) is 6.54 Å². The Morgan fingerprint density at radius 1 is 1.43 bits per heavy atom. The highest BCUT2D eigenvalue weighted by Gasteiger charge is 2.07. The van der Waals surface area contributed by atoms with Crippen molar-refractivity contribution in [2.45, 2.75) is 19.9 Å². The average Bonchev–Trinajstić information content (AvgIpc) is 2.91. The molecule has 1 rings (SSSR count). The minimum absolute atomic E-state index is 0. The van der Waals surface area contributed by atoms with Crippen LogP contribution in [0.25, 0.3) is 0 Å². The van der Waals surface area contributed by atoms with Gasteiger partial charge in [-0.25, -0.2) is 0 Å². The van der Waals surface area contributed by atoms with Crippen LogP contribution >= 0.6 is 24.0 Å². The molecule has 0 fully saturated rings. The standard InChI is InChI=1S/C13H22N4O3.HI/c1-3-19-8-4-7-16-13(15-2)17-9-10-5-6-11(20-10)12(14)18;/h5-6H,3-4,7-9H2,1-2H3,(H2,14,18)(H2,15,16,17);1H. The lowest BCUT2D eigenvalue weighted by Gasteiger charge is -2.10. The minimum Gasteiger partial charge on any atom is -0.454 e. The Bertz CT molecular complexity index is 448. The van der Waals surface area contributed by atoms with Gasteiger partial charge in [0, 0.05) is 26.8 Å². The zero-order valence-corrected chi connectivity index (χ0v) is 14.7. The monoisotopic (exact) mass is 410 g/mol. The van der Waals surface area contributed by atoms with E-state index in [1.54, 1.807) is 19.2 Å². The second-order valence-corrected chi connectivity index (χ2v) is 4.03. The quantitative estimate of drug-likeness (QED) is 0.258. The Labute approximate surface area is 141 Å². The summed E-state index contributed by atoms with van der Waals surface area (Å²) in [5.41, 5.74) is 5.11. The predicted molar refractivity (Wildman–Crippen MR) is 92.0 cm³/mol. The number of carbonyl (C=O) groups excluding carboxylic acids is 1. The van der Waals surface area contributed by atoms with Crippen LogP contribution in [0.4, 0.5) is 0 Å². The second kappa shape index (κ2) is 11.4. The van der Waals surface area contributed by atoms with Gasteiger partial charge < -0.3 is 25.5 Å². The zero-order valence-electron chi connectivity index (χ0n) is 12.3. The van der Waals surface area contributed by atoms with Crippen molar-refractivity contribution in [1.82, 2.24) is 10.6 Å². The highest BCUT2D eigenvalue weighted by Crippen LogP contribution is 2.06. The number of furan rings is 1. The van der Waals surface area contributed by atoms with Gasteiger partial charge in [0.25, 0.3) is 5.91 Å². The molecule has 8 heteroatoms. The van der Waals surface area contributed by atoms with E-state index in [0.717, 1.165) is 26.2 Å². The topological polar surface area (TPSA) is 102 Å². The molecule has 1 amide bonds. The highest BCUT2D eigenvalue weighted by atomic mass is 127. The molecule has 0 bridgehead atoms. The number of halogens is 1. The fraction of sp³-hybridized carbons (Fsp3) is 0.538. The number of aliphatic imine (C=N–C) groups is 1. The van der Waals surface area contributed by atoms with Crippen LogP contribution in [0.3, 0.4) is 0 Å². The third kappa shape index (κ3) is 7.90. The molecule has 1 aromatic heterocycles. The zero-order chi connectivity index (χ0) is 14.8. The van der Waals surface area contributed by atoms with E-state index in [0.29, 0.717) is 18.3 Å². The molecule has 120 valence electrons. The molecule has 4 N–H and O–H groups in total. The van der Waals surface area contributed by atoms with Gasteiger partial charge in [0.1, 0.15) is 5.76 Å². The molecule has 0 aromatic carbocycles. The molecule has 1 aromatic rings. The summed E-state index contributed by atoms with van der Waals surface area (Å²) < 4.78 is 10.5. The van der Waals surface area contributed by atoms with E-state index in [1.807, 2.05) is 6.92 Å². The SMILES string of the molecule is CCOCCCNC(=NC)NCc1ccc(C(N)=O)o1.I. The summed E-state index contributed by atoms with van der Waals surface area (Å²) in [4.78, 5) is 15.0. The van der Waals surface area contributed by atoms with E-state index in [2.05, 4.69) is 15.6 Å². The number of nitrogens with two attached hydrogens (primary N) is 1. The Kier molecular flexibility index (Phi) is 10.7. The summed E-state index contributed by atoms with van der Waals surface area (Å²) in [6.45, 7) is 4.62. The Hall–Kier alpha value is -1.29. The molecular weight excluding hydrogens is 387 g/mol. The number of rotatable bonds is 8. The van der Waals surface area contributed by atoms with Crippen molar-refractivity contribution >= 4 is 35.8 Å². The van der Waals surface area contributed by atoms with E-state index in [4.69, 9.17) is 14.9 Å². The van der Waals surface area contributed by atoms with E-state index in [9.17, 15) is 4.79 Å². The molecule has 0 atom stereocenters. The molecule has 0 aliphatic heterocycles. The van der Waals surface area contributed by atoms with Crippen molar-refractivity contribution in [1.29, 1.82) is 0 Å². The summed E-state index contributed by atoms with van der Waals surface area (Å²) in [6, 6.07) is 3.26. The van der Waals surface area contributed by atoms with Crippen LogP contribution < -0.4 is 16.4 Å². The van der Waals surface area contributed by atoms with Crippen molar-refractivity contribution in [3.8, 4) is 0 Å². The number of ether oxygens (including phenoxy) is 1. The van der Waals surface area contributed by atoms with Crippen LogP contribution in [-0.2, 0) is 11.3 Å². The van der Waals surface area contributed by atoms with Crippen molar-refractivity contribution in [2.24, 2.45) is 10.7 Å². The summed E-state index contributed by atoms with van der Waals surface area (Å²) in [5.74, 6) is 0.866. The summed E-state index contributed by atoms with van der Waals surface area (Å²) in [6.07, 6.45) is 0.904. The van der Waals surface area contributed by atoms with Crippen molar-refractivity contribution < 1.29 is 13.9 Å².